The SMILES string of the molecule is CC(C)(C)C(=O)N1CCN(Cc2ccc(C(N)=O)cc2)CC1. The molecule has 0 saturated carbocycles. The smallest absolute Gasteiger partial charge is 0.248 e. The summed E-state index contributed by atoms with van der Waals surface area (Å²) in [7, 11) is 0. The molecule has 5 nitrogen and oxygen atoms in total. The first-order valence-corrected chi connectivity index (χ1v) is 7.68. The van der Waals surface area contributed by atoms with Crippen LogP contribution in [0.5, 0.6) is 0 Å². The van der Waals surface area contributed by atoms with Gasteiger partial charge in [-0.3, -0.25) is 14.5 Å². The molecule has 1 aromatic carbocycles. The molecule has 2 amide bonds. The molecular weight excluding hydrogens is 278 g/mol. The van der Waals surface area contributed by atoms with E-state index in [2.05, 4.69) is 4.90 Å². The first-order chi connectivity index (χ1) is 10.3. The predicted octanol–water partition coefficient (Wildman–Crippen LogP) is 1.48. The second-order valence-corrected chi connectivity index (χ2v) is 6.88. The highest BCUT2D eigenvalue weighted by molar-refractivity contribution is 5.92. The Hall–Kier alpha value is -1.88. The maximum absolute atomic E-state index is 12.2. The fourth-order valence-corrected chi connectivity index (χ4v) is 2.62. The lowest BCUT2D eigenvalue weighted by molar-refractivity contribution is -0.141. The highest BCUT2D eigenvalue weighted by atomic mass is 16.2. The van der Waals surface area contributed by atoms with Crippen molar-refractivity contribution in [1.82, 2.24) is 9.80 Å². The van der Waals surface area contributed by atoms with Crippen molar-refractivity contribution < 1.29 is 9.59 Å². The van der Waals surface area contributed by atoms with E-state index < -0.39 is 5.91 Å². The lowest BCUT2D eigenvalue weighted by Crippen LogP contribution is -2.51. The molecule has 0 atom stereocenters. The number of carbonyl (C=O) groups excluding carboxylic acids is 2. The van der Waals surface area contributed by atoms with Crippen LogP contribution in [0.3, 0.4) is 0 Å². The number of hydrogen-bond donors (Lipinski definition) is 1. The van der Waals surface area contributed by atoms with Crippen molar-refractivity contribution in [1.29, 1.82) is 0 Å². The topological polar surface area (TPSA) is 66.6 Å². The minimum absolute atomic E-state index is 0.220. The van der Waals surface area contributed by atoms with Crippen LogP contribution in [0.25, 0.3) is 0 Å². The molecule has 22 heavy (non-hydrogen) atoms. The highest BCUT2D eigenvalue weighted by Gasteiger charge is 2.29. The Labute approximate surface area is 132 Å². The third kappa shape index (κ3) is 4.07. The lowest BCUT2D eigenvalue weighted by Gasteiger charge is -2.37. The maximum Gasteiger partial charge on any atom is 0.248 e. The maximum atomic E-state index is 12.2. The Balaban J connectivity index is 1.87. The van der Waals surface area contributed by atoms with Crippen LogP contribution in [0.15, 0.2) is 24.3 Å². The van der Waals surface area contributed by atoms with Crippen LogP contribution < -0.4 is 5.73 Å². The molecule has 1 saturated heterocycles. The van der Waals surface area contributed by atoms with Crippen LogP contribution in [-0.2, 0) is 11.3 Å². The van der Waals surface area contributed by atoms with Crippen molar-refractivity contribution in [3.8, 4) is 0 Å². The van der Waals surface area contributed by atoms with Crippen LogP contribution in [-0.4, -0.2) is 47.8 Å². The van der Waals surface area contributed by atoms with Gasteiger partial charge in [0.2, 0.25) is 11.8 Å². The number of piperazine rings is 1. The summed E-state index contributed by atoms with van der Waals surface area (Å²) in [4.78, 5) is 27.6. The normalized spacial score (nSPS) is 16.6. The molecule has 0 aromatic heterocycles. The first-order valence-electron chi connectivity index (χ1n) is 7.68. The molecule has 0 unspecified atom stereocenters. The molecule has 0 radical (unpaired) electrons. The Morgan fingerprint density at radius 3 is 2.05 bits per heavy atom. The molecule has 0 bridgehead atoms. The first kappa shape index (κ1) is 16.5. The summed E-state index contributed by atoms with van der Waals surface area (Å²) in [6, 6.07) is 7.40. The largest absolute Gasteiger partial charge is 0.366 e. The van der Waals surface area contributed by atoms with Crippen LogP contribution in [0.4, 0.5) is 0 Å². The highest BCUT2D eigenvalue weighted by Crippen LogP contribution is 2.19. The van der Waals surface area contributed by atoms with Gasteiger partial charge in [0.25, 0.3) is 0 Å². The second kappa shape index (κ2) is 6.48. The van der Waals surface area contributed by atoms with E-state index in [1.165, 1.54) is 0 Å². The van der Waals surface area contributed by atoms with Crippen molar-refractivity contribution in [3.05, 3.63) is 35.4 Å². The fourth-order valence-electron chi connectivity index (χ4n) is 2.62. The van der Waals surface area contributed by atoms with Gasteiger partial charge in [-0.15, -0.1) is 0 Å². The van der Waals surface area contributed by atoms with Crippen molar-refractivity contribution in [2.45, 2.75) is 27.3 Å². The zero-order valence-electron chi connectivity index (χ0n) is 13.6. The number of rotatable bonds is 3. The number of benzene rings is 1. The van der Waals surface area contributed by atoms with Crippen LogP contribution in [0.2, 0.25) is 0 Å². The molecular formula is C17H25N3O2. The number of nitrogens with zero attached hydrogens (tertiary/aromatic N) is 2. The Kier molecular flexibility index (Phi) is 4.86. The van der Waals surface area contributed by atoms with Crippen LogP contribution in [0, 0.1) is 5.41 Å². The van der Waals surface area contributed by atoms with Gasteiger partial charge < -0.3 is 10.6 Å². The molecule has 1 aromatic rings. The number of carbonyl (C=O) groups is 2. The van der Waals surface area contributed by atoms with Crippen LogP contribution in [0.1, 0.15) is 36.7 Å². The van der Waals surface area contributed by atoms with Crippen molar-refractivity contribution >= 4 is 11.8 Å². The van der Waals surface area contributed by atoms with Gasteiger partial charge in [0.1, 0.15) is 0 Å². The molecule has 120 valence electrons. The van der Waals surface area contributed by atoms with Gasteiger partial charge in [-0.25, -0.2) is 0 Å². The molecule has 0 spiro atoms. The molecule has 1 fully saturated rings. The summed E-state index contributed by atoms with van der Waals surface area (Å²) in [5.41, 5.74) is 6.61. The van der Waals surface area contributed by atoms with E-state index in [-0.39, 0.29) is 11.3 Å². The number of primary amides is 1. The summed E-state index contributed by atoms with van der Waals surface area (Å²) in [5, 5.41) is 0. The molecule has 5 heteroatoms. The van der Waals surface area contributed by atoms with Gasteiger partial charge in [0.15, 0.2) is 0 Å². The van der Waals surface area contributed by atoms with Crippen molar-refractivity contribution in [2.24, 2.45) is 11.1 Å². The molecule has 1 aliphatic heterocycles. The summed E-state index contributed by atoms with van der Waals surface area (Å²) >= 11 is 0. The number of amides is 2. The molecule has 1 heterocycles. The average Bonchev–Trinajstić information content (AvgIpc) is 2.47. The standard InChI is InChI=1S/C17H25N3O2/c1-17(2,3)16(22)20-10-8-19(9-11-20)12-13-4-6-14(7-5-13)15(18)21/h4-7H,8-12H2,1-3H3,(H2,18,21). The van der Waals surface area contributed by atoms with E-state index in [0.29, 0.717) is 5.56 Å². The fraction of sp³-hybridized carbons (Fsp3) is 0.529. The zero-order valence-corrected chi connectivity index (χ0v) is 13.6. The van der Waals surface area contributed by atoms with E-state index in [0.717, 1.165) is 38.3 Å². The summed E-state index contributed by atoms with van der Waals surface area (Å²) < 4.78 is 0. The van der Waals surface area contributed by atoms with E-state index in [4.69, 9.17) is 5.73 Å². The van der Waals surface area contributed by atoms with Gasteiger partial charge in [-0.05, 0) is 17.7 Å². The minimum Gasteiger partial charge on any atom is -0.366 e. The van der Waals surface area contributed by atoms with E-state index in [9.17, 15) is 9.59 Å². The van der Waals surface area contributed by atoms with E-state index in [1.807, 2.05) is 37.8 Å². The van der Waals surface area contributed by atoms with Gasteiger partial charge in [0, 0.05) is 43.7 Å². The van der Waals surface area contributed by atoms with Gasteiger partial charge in [-0.1, -0.05) is 32.9 Å². The number of hydrogen-bond acceptors (Lipinski definition) is 3. The van der Waals surface area contributed by atoms with Crippen molar-refractivity contribution in [3.63, 3.8) is 0 Å². The lowest BCUT2D eigenvalue weighted by atomic mass is 9.94. The Bertz CT molecular complexity index is 538. The number of nitrogens with two attached hydrogens (primary N) is 1. The third-order valence-electron chi connectivity index (χ3n) is 3.95. The van der Waals surface area contributed by atoms with Crippen molar-refractivity contribution in [2.75, 3.05) is 26.2 Å². The van der Waals surface area contributed by atoms with Gasteiger partial charge >= 0.3 is 0 Å². The van der Waals surface area contributed by atoms with E-state index in [1.54, 1.807) is 12.1 Å². The van der Waals surface area contributed by atoms with Crippen LogP contribution >= 0.6 is 0 Å². The quantitative estimate of drug-likeness (QED) is 0.919. The Morgan fingerprint density at radius 1 is 1.05 bits per heavy atom. The molecule has 2 N–H and O–H groups in total. The minimum atomic E-state index is -0.402. The predicted molar refractivity (Wildman–Crippen MR) is 86.3 cm³/mol. The summed E-state index contributed by atoms with van der Waals surface area (Å²) in [6.07, 6.45) is 0. The summed E-state index contributed by atoms with van der Waals surface area (Å²) in [6.45, 7) is 10.0. The average molecular weight is 303 g/mol. The second-order valence-electron chi connectivity index (χ2n) is 6.88. The Morgan fingerprint density at radius 2 is 1.59 bits per heavy atom. The third-order valence-corrected chi connectivity index (χ3v) is 3.95. The zero-order chi connectivity index (χ0) is 16.3. The molecule has 0 aliphatic carbocycles. The molecule has 1 aliphatic rings. The van der Waals surface area contributed by atoms with Gasteiger partial charge in [-0.2, -0.15) is 0 Å². The van der Waals surface area contributed by atoms with E-state index >= 15 is 0 Å². The summed E-state index contributed by atoms with van der Waals surface area (Å²) in [5.74, 6) is -0.182. The molecule has 2 rings (SSSR count). The van der Waals surface area contributed by atoms with Gasteiger partial charge in [0.05, 0.1) is 0 Å². The monoisotopic (exact) mass is 303 g/mol.